The van der Waals surface area contributed by atoms with Gasteiger partial charge in [0.2, 0.25) is 5.76 Å². The van der Waals surface area contributed by atoms with Gasteiger partial charge in [0.25, 0.3) is 0 Å². The Hall–Kier alpha value is -3.01. The smallest absolute Gasteiger partial charge is 0.396 e. The van der Waals surface area contributed by atoms with E-state index in [9.17, 15) is 18.3 Å². The van der Waals surface area contributed by atoms with E-state index in [-0.39, 0.29) is 28.6 Å². The summed E-state index contributed by atoms with van der Waals surface area (Å²) in [5, 5.41) is 13.3. The number of rotatable bonds is 5. The lowest BCUT2D eigenvalue weighted by molar-refractivity contribution is -0.136. The third kappa shape index (κ3) is 4.39. The van der Waals surface area contributed by atoms with Gasteiger partial charge in [0.05, 0.1) is 10.6 Å². The van der Waals surface area contributed by atoms with Crippen molar-refractivity contribution in [2.24, 2.45) is 5.73 Å². The standard InChI is InChI=1S/C28H26F3N3O2S/c29-28(30,31)22-23(16-4-2-1-3-5-16)34-36-24(22)26-33-21-9-7-18-14-17(6-8-20(18)25(21)37-26)19-10-11-27(32,15-19)12-13-35/h1-6,8,14,19,35H,7,9-13,15,32H2/t19-,27-/m1/s1. The normalized spacial score (nSPS) is 21.2. The minimum Gasteiger partial charge on any atom is -0.396 e. The van der Waals surface area contributed by atoms with Crippen LogP contribution in [-0.4, -0.2) is 27.4 Å². The van der Waals surface area contributed by atoms with Gasteiger partial charge < -0.3 is 15.4 Å². The monoisotopic (exact) mass is 525 g/mol. The molecule has 0 radical (unpaired) electrons. The summed E-state index contributed by atoms with van der Waals surface area (Å²) in [7, 11) is 0. The van der Waals surface area contributed by atoms with Gasteiger partial charge in [-0.3, -0.25) is 0 Å². The number of aliphatic hydroxyl groups is 1. The van der Waals surface area contributed by atoms with E-state index in [4.69, 9.17) is 10.3 Å². The Bertz CT molecular complexity index is 1450. The van der Waals surface area contributed by atoms with Crippen molar-refractivity contribution in [2.75, 3.05) is 6.61 Å². The fourth-order valence-electron chi connectivity index (χ4n) is 5.76. The van der Waals surface area contributed by atoms with E-state index in [1.54, 1.807) is 30.3 Å². The lowest BCUT2D eigenvalue weighted by Gasteiger charge is -2.23. The van der Waals surface area contributed by atoms with Crippen molar-refractivity contribution in [3.05, 3.63) is 70.9 Å². The number of nitrogens with zero attached hydrogens (tertiary/aromatic N) is 2. The summed E-state index contributed by atoms with van der Waals surface area (Å²) < 4.78 is 47.9. The summed E-state index contributed by atoms with van der Waals surface area (Å²) in [5.41, 5.74) is 9.59. The lowest BCUT2D eigenvalue weighted by Crippen LogP contribution is -2.37. The molecule has 0 saturated heterocycles. The molecular weight excluding hydrogens is 499 g/mol. The molecule has 0 amide bonds. The van der Waals surface area contributed by atoms with Gasteiger partial charge in [-0.15, -0.1) is 11.3 Å². The molecule has 0 spiro atoms. The molecule has 1 fully saturated rings. The van der Waals surface area contributed by atoms with Gasteiger partial charge in [-0.25, -0.2) is 4.98 Å². The van der Waals surface area contributed by atoms with Crippen LogP contribution in [0.1, 0.15) is 54.0 Å². The molecule has 9 heteroatoms. The zero-order valence-corrected chi connectivity index (χ0v) is 20.8. The highest BCUT2D eigenvalue weighted by Gasteiger charge is 2.42. The summed E-state index contributed by atoms with van der Waals surface area (Å²) in [6.45, 7) is 0.0952. The van der Waals surface area contributed by atoms with Gasteiger partial charge in [-0.2, -0.15) is 13.2 Å². The summed E-state index contributed by atoms with van der Waals surface area (Å²) in [5.74, 6) is 0.0123. The van der Waals surface area contributed by atoms with Crippen molar-refractivity contribution in [3.63, 3.8) is 0 Å². The fraction of sp³-hybridized carbons (Fsp3) is 0.357. The predicted octanol–water partition coefficient (Wildman–Crippen LogP) is 6.60. The van der Waals surface area contributed by atoms with E-state index in [1.807, 2.05) is 0 Å². The quantitative estimate of drug-likeness (QED) is 0.307. The van der Waals surface area contributed by atoms with E-state index < -0.39 is 11.7 Å². The maximum absolute atomic E-state index is 14.2. The fourth-order valence-corrected chi connectivity index (χ4v) is 6.92. The summed E-state index contributed by atoms with van der Waals surface area (Å²) in [6, 6.07) is 14.6. The Labute approximate surface area is 216 Å². The van der Waals surface area contributed by atoms with Crippen LogP contribution in [0.2, 0.25) is 0 Å². The largest absolute Gasteiger partial charge is 0.422 e. The topological polar surface area (TPSA) is 85.2 Å². The number of alkyl halides is 3. The molecule has 2 aromatic carbocycles. The van der Waals surface area contributed by atoms with Crippen molar-refractivity contribution in [3.8, 4) is 32.5 Å². The number of thiazole rings is 1. The van der Waals surface area contributed by atoms with Gasteiger partial charge in [-0.05, 0) is 61.1 Å². The third-order valence-electron chi connectivity index (χ3n) is 7.64. The molecule has 2 heterocycles. The van der Waals surface area contributed by atoms with E-state index in [2.05, 4.69) is 28.3 Å². The first-order valence-electron chi connectivity index (χ1n) is 12.4. The molecule has 6 rings (SSSR count). The number of aromatic nitrogens is 2. The molecule has 2 aromatic heterocycles. The average molecular weight is 526 g/mol. The molecule has 2 atom stereocenters. The highest BCUT2D eigenvalue weighted by atomic mass is 32.1. The highest BCUT2D eigenvalue weighted by molar-refractivity contribution is 7.18. The van der Waals surface area contributed by atoms with E-state index in [1.165, 1.54) is 22.5 Å². The van der Waals surface area contributed by atoms with E-state index >= 15 is 0 Å². The van der Waals surface area contributed by atoms with E-state index in [0.717, 1.165) is 41.8 Å². The second kappa shape index (κ2) is 9.08. The first-order valence-corrected chi connectivity index (χ1v) is 13.2. The number of benzene rings is 2. The molecule has 5 nitrogen and oxygen atoms in total. The second-order valence-corrected chi connectivity index (χ2v) is 11.1. The van der Waals surface area contributed by atoms with Crippen molar-refractivity contribution in [1.82, 2.24) is 10.1 Å². The summed E-state index contributed by atoms with van der Waals surface area (Å²) in [6.07, 6.45) is 0.109. The lowest BCUT2D eigenvalue weighted by atomic mass is 9.87. The van der Waals surface area contributed by atoms with Gasteiger partial charge in [0, 0.05) is 17.7 Å². The van der Waals surface area contributed by atoms with Gasteiger partial charge in [-0.1, -0.05) is 53.7 Å². The van der Waals surface area contributed by atoms with Crippen LogP contribution in [0.15, 0.2) is 53.1 Å². The average Bonchev–Trinajstić information content (AvgIpc) is 3.60. The number of fused-ring (bicyclic) bond motifs is 3. The van der Waals surface area contributed by atoms with Crippen LogP contribution in [0.4, 0.5) is 13.2 Å². The number of aryl methyl sites for hydroxylation is 2. The molecule has 3 N–H and O–H groups in total. The van der Waals surface area contributed by atoms with Crippen molar-refractivity contribution >= 4 is 11.3 Å². The third-order valence-corrected chi connectivity index (χ3v) is 8.77. The Balaban J connectivity index is 1.35. The van der Waals surface area contributed by atoms with Crippen LogP contribution in [0.25, 0.3) is 32.5 Å². The van der Waals surface area contributed by atoms with Crippen LogP contribution < -0.4 is 5.73 Å². The highest BCUT2D eigenvalue weighted by Crippen LogP contribution is 2.48. The molecule has 0 unspecified atom stereocenters. The maximum atomic E-state index is 14.2. The van der Waals surface area contributed by atoms with Crippen molar-refractivity contribution < 1.29 is 22.8 Å². The molecule has 4 aromatic rings. The van der Waals surface area contributed by atoms with Gasteiger partial charge in [0.1, 0.15) is 11.3 Å². The number of nitrogens with two attached hydrogens (primary N) is 1. The zero-order valence-electron chi connectivity index (χ0n) is 20.0. The van der Waals surface area contributed by atoms with Crippen LogP contribution in [0.5, 0.6) is 0 Å². The minimum absolute atomic E-state index is 0.0952. The Morgan fingerprint density at radius 1 is 1.14 bits per heavy atom. The van der Waals surface area contributed by atoms with Crippen molar-refractivity contribution in [2.45, 2.75) is 56.2 Å². The molecule has 37 heavy (non-hydrogen) atoms. The van der Waals surface area contributed by atoms with Gasteiger partial charge in [0.15, 0.2) is 5.01 Å². The van der Waals surface area contributed by atoms with Crippen LogP contribution in [0, 0.1) is 0 Å². The predicted molar refractivity (Wildman–Crippen MR) is 136 cm³/mol. The zero-order chi connectivity index (χ0) is 25.8. The number of hydrogen-bond donors (Lipinski definition) is 2. The number of hydrogen-bond acceptors (Lipinski definition) is 6. The number of halogens is 3. The SMILES string of the molecule is N[C@@]1(CCO)CC[C@@H](c2ccc3c(c2)CCc2nc(-c4onc(-c5ccccc5)c4C(F)(F)F)sc2-3)C1. The van der Waals surface area contributed by atoms with Crippen molar-refractivity contribution in [1.29, 1.82) is 0 Å². The summed E-state index contributed by atoms with van der Waals surface area (Å²) in [4.78, 5) is 5.47. The Morgan fingerprint density at radius 3 is 2.70 bits per heavy atom. The minimum atomic E-state index is -4.64. The first-order chi connectivity index (χ1) is 17.8. The molecule has 0 aliphatic heterocycles. The Kier molecular flexibility index (Phi) is 5.97. The van der Waals surface area contributed by atoms with Crippen LogP contribution in [0.3, 0.4) is 0 Å². The molecular formula is C28H26F3N3O2S. The molecule has 192 valence electrons. The van der Waals surface area contributed by atoms with E-state index in [0.29, 0.717) is 24.3 Å². The second-order valence-electron chi connectivity index (χ2n) is 10.1. The molecule has 1 saturated carbocycles. The summed E-state index contributed by atoms with van der Waals surface area (Å²) >= 11 is 1.22. The number of aliphatic hydroxyl groups excluding tert-OH is 1. The van der Waals surface area contributed by atoms with Crippen LogP contribution in [-0.2, 0) is 19.0 Å². The Morgan fingerprint density at radius 2 is 1.95 bits per heavy atom. The van der Waals surface area contributed by atoms with Crippen LogP contribution >= 0.6 is 11.3 Å². The molecule has 0 bridgehead atoms. The maximum Gasteiger partial charge on any atom is 0.422 e. The molecule has 2 aliphatic rings. The van der Waals surface area contributed by atoms with Gasteiger partial charge >= 0.3 is 6.18 Å². The molecule has 2 aliphatic carbocycles. The first kappa shape index (κ1) is 24.3.